The van der Waals surface area contributed by atoms with E-state index in [4.69, 9.17) is 32.9 Å². The molecule has 0 bridgehead atoms. The van der Waals surface area contributed by atoms with Gasteiger partial charge in [0.1, 0.15) is 23.1 Å². The van der Waals surface area contributed by atoms with Gasteiger partial charge in [-0.15, -0.1) is 0 Å². The lowest BCUT2D eigenvalue weighted by Crippen LogP contribution is -2.50. The Kier molecular flexibility index (Phi) is 9.84. The van der Waals surface area contributed by atoms with E-state index in [2.05, 4.69) is 20.1 Å². The fourth-order valence-corrected chi connectivity index (χ4v) is 6.00. The quantitative estimate of drug-likeness (QED) is 0.195. The highest BCUT2D eigenvalue weighted by Gasteiger charge is 2.28. The summed E-state index contributed by atoms with van der Waals surface area (Å²) < 4.78 is 6.04. The zero-order valence-electron chi connectivity index (χ0n) is 25.2. The number of fused-ring (bicyclic) bond motifs is 1. The number of aromatic nitrogens is 2. The number of rotatable bonds is 9. The van der Waals surface area contributed by atoms with Crippen LogP contribution in [-0.2, 0) is 4.79 Å². The lowest BCUT2D eigenvalue weighted by molar-refractivity contribution is -0.127. The Labute approximate surface area is 274 Å². The molecule has 1 saturated heterocycles. The molecule has 2 aliphatic heterocycles. The SMILES string of the molecule is Cc1ncc2c(n1)N(CCN1CCN(C(=O)/C=C/c3ccc(Cl)cc3)CC1)CCC2Nc1cccc(Oc2cccc(Cl)c2)c1. The summed E-state index contributed by atoms with van der Waals surface area (Å²) in [6.07, 6.45) is 6.37. The van der Waals surface area contributed by atoms with Crippen molar-refractivity contribution in [1.82, 2.24) is 19.8 Å². The Morgan fingerprint density at radius 2 is 1.69 bits per heavy atom. The first-order chi connectivity index (χ1) is 21.9. The van der Waals surface area contributed by atoms with Crippen LogP contribution in [0.15, 0.2) is 85.1 Å². The number of aryl methyl sites for hydroxylation is 1. The first-order valence-electron chi connectivity index (χ1n) is 15.2. The number of nitrogens with one attached hydrogen (secondary N) is 1. The molecule has 232 valence electrons. The van der Waals surface area contributed by atoms with E-state index in [1.54, 1.807) is 12.1 Å². The van der Waals surface area contributed by atoms with Crippen LogP contribution in [-0.4, -0.2) is 71.5 Å². The zero-order chi connectivity index (χ0) is 31.2. The van der Waals surface area contributed by atoms with Crippen molar-refractivity contribution in [3.8, 4) is 11.5 Å². The molecule has 0 aliphatic carbocycles. The van der Waals surface area contributed by atoms with Gasteiger partial charge in [0.2, 0.25) is 5.91 Å². The molecular formula is C35H36Cl2N6O2. The van der Waals surface area contributed by atoms with Crippen molar-refractivity contribution >= 4 is 46.7 Å². The molecule has 1 atom stereocenters. The number of carbonyl (C=O) groups is 1. The van der Waals surface area contributed by atoms with Crippen LogP contribution in [0, 0.1) is 6.92 Å². The van der Waals surface area contributed by atoms with Gasteiger partial charge in [0.15, 0.2) is 0 Å². The van der Waals surface area contributed by atoms with Gasteiger partial charge in [-0.2, -0.15) is 0 Å². The molecule has 0 spiro atoms. The number of amides is 1. The molecule has 10 heteroatoms. The van der Waals surface area contributed by atoms with Gasteiger partial charge in [-0.05, 0) is 67.4 Å². The number of piperazine rings is 1. The van der Waals surface area contributed by atoms with Crippen LogP contribution in [0.4, 0.5) is 11.5 Å². The summed E-state index contributed by atoms with van der Waals surface area (Å²) >= 11 is 12.1. The van der Waals surface area contributed by atoms with Crippen LogP contribution in [0.3, 0.4) is 0 Å². The van der Waals surface area contributed by atoms with Gasteiger partial charge in [-0.3, -0.25) is 9.69 Å². The second kappa shape index (κ2) is 14.3. The largest absolute Gasteiger partial charge is 0.457 e. The molecule has 8 nitrogen and oxygen atoms in total. The van der Waals surface area contributed by atoms with Crippen molar-refractivity contribution in [3.05, 3.63) is 112 Å². The number of nitrogens with zero attached hydrogens (tertiary/aromatic N) is 5. The molecule has 6 rings (SSSR count). The molecule has 0 saturated carbocycles. The minimum absolute atomic E-state index is 0.0434. The number of ether oxygens (including phenoxy) is 1. The van der Waals surface area contributed by atoms with Crippen LogP contribution in [0.2, 0.25) is 10.0 Å². The average molecular weight is 644 g/mol. The van der Waals surface area contributed by atoms with Gasteiger partial charge in [-0.1, -0.05) is 47.5 Å². The predicted octanol–water partition coefficient (Wildman–Crippen LogP) is 7.11. The minimum atomic E-state index is 0.0434. The third-order valence-electron chi connectivity index (χ3n) is 8.14. The van der Waals surface area contributed by atoms with Crippen molar-refractivity contribution in [3.63, 3.8) is 0 Å². The zero-order valence-corrected chi connectivity index (χ0v) is 26.7. The molecule has 4 aromatic rings. The molecule has 1 aromatic heterocycles. The number of carbonyl (C=O) groups excluding carboxylic acids is 1. The van der Waals surface area contributed by atoms with Crippen LogP contribution in [0.5, 0.6) is 11.5 Å². The first kappa shape index (κ1) is 30.9. The van der Waals surface area contributed by atoms with E-state index in [1.807, 2.05) is 90.8 Å². The Balaban J connectivity index is 1.03. The van der Waals surface area contributed by atoms with Crippen LogP contribution in [0.25, 0.3) is 6.08 Å². The fourth-order valence-electron chi connectivity index (χ4n) is 5.70. The molecule has 1 N–H and O–H groups in total. The number of benzene rings is 3. The molecule has 3 aromatic carbocycles. The standard InChI is InChI=1S/C35H36Cl2N6O2/c1-25-38-24-32-33(40-29-5-3-7-31(23-29)45-30-6-2-4-28(37)22-30)14-15-43(35(32)39-25)21-18-41-16-19-42(20-17-41)34(44)13-10-26-8-11-27(36)12-9-26/h2-13,22-24,33,40H,14-21H2,1H3/b13-10+. The van der Waals surface area contributed by atoms with Crippen molar-refractivity contribution < 1.29 is 9.53 Å². The smallest absolute Gasteiger partial charge is 0.246 e. The third-order valence-corrected chi connectivity index (χ3v) is 8.63. The summed E-state index contributed by atoms with van der Waals surface area (Å²) in [6, 6.07) is 22.9. The summed E-state index contributed by atoms with van der Waals surface area (Å²) in [7, 11) is 0. The van der Waals surface area contributed by atoms with E-state index >= 15 is 0 Å². The van der Waals surface area contributed by atoms with Gasteiger partial charge in [0.25, 0.3) is 0 Å². The maximum Gasteiger partial charge on any atom is 0.246 e. The number of hydrogen-bond donors (Lipinski definition) is 1. The van der Waals surface area contributed by atoms with Gasteiger partial charge in [0, 0.05) is 85.4 Å². The maximum absolute atomic E-state index is 12.7. The van der Waals surface area contributed by atoms with E-state index in [9.17, 15) is 4.79 Å². The fraction of sp³-hybridized carbons (Fsp3) is 0.286. The predicted molar refractivity (Wildman–Crippen MR) is 181 cm³/mol. The van der Waals surface area contributed by atoms with Crippen molar-refractivity contribution in [2.24, 2.45) is 0 Å². The van der Waals surface area contributed by atoms with Gasteiger partial charge in [-0.25, -0.2) is 9.97 Å². The van der Waals surface area contributed by atoms with Gasteiger partial charge < -0.3 is 19.9 Å². The van der Waals surface area contributed by atoms with E-state index in [1.165, 1.54) is 0 Å². The maximum atomic E-state index is 12.7. The first-order valence-corrected chi connectivity index (χ1v) is 16.0. The van der Waals surface area contributed by atoms with Crippen LogP contribution >= 0.6 is 23.2 Å². The van der Waals surface area contributed by atoms with E-state index in [0.717, 1.165) is 73.4 Å². The molecule has 3 heterocycles. The monoisotopic (exact) mass is 642 g/mol. The van der Waals surface area contributed by atoms with E-state index in [0.29, 0.717) is 28.9 Å². The van der Waals surface area contributed by atoms with Gasteiger partial charge >= 0.3 is 0 Å². The normalized spacial score (nSPS) is 16.9. The molecule has 1 unspecified atom stereocenters. The summed E-state index contributed by atoms with van der Waals surface area (Å²) in [6.45, 7) is 7.72. The second-order valence-electron chi connectivity index (χ2n) is 11.3. The Morgan fingerprint density at radius 1 is 0.933 bits per heavy atom. The Hall–Kier alpha value is -4.11. The number of anilines is 2. The summed E-state index contributed by atoms with van der Waals surface area (Å²) in [5.41, 5.74) is 3.02. The summed E-state index contributed by atoms with van der Waals surface area (Å²) in [4.78, 5) is 28.9. The lowest BCUT2D eigenvalue weighted by atomic mass is 10.00. The molecule has 1 amide bonds. The second-order valence-corrected chi connectivity index (χ2v) is 12.2. The third kappa shape index (κ3) is 8.14. The van der Waals surface area contributed by atoms with E-state index in [-0.39, 0.29) is 11.9 Å². The lowest BCUT2D eigenvalue weighted by Gasteiger charge is -2.38. The Morgan fingerprint density at radius 3 is 2.47 bits per heavy atom. The Bertz CT molecular complexity index is 1660. The highest BCUT2D eigenvalue weighted by molar-refractivity contribution is 6.30. The molecular weight excluding hydrogens is 607 g/mol. The molecule has 45 heavy (non-hydrogen) atoms. The minimum Gasteiger partial charge on any atom is -0.457 e. The molecule has 0 radical (unpaired) electrons. The van der Waals surface area contributed by atoms with Crippen molar-refractivity contribution in [1.29, 1.82) is 0 Å². The summed E-state index contributed by atoms with van der Waals surface area (Å²) in [5, 5.41) is 5.01. The van der Waals surface area contributed by atoms with Crippen molar-refractivity contribution in [2.45, 2.75) is 19.4 Å². The van der Waals surface area contributed by atoms with E-state index < -0.39 is 0 Å². The van der Waals surface area contributed by atoms with Gasteiger partial charge in [0.05, 0.1) is 6.04 Å². The summed E-state index contributed by atoms with van der Waals surface area (Å²) in [5.74, 6) is 3.22. The molecule has 2 aliphatic rings. The highest BCUT2D eigenvalue weighted by Crippen LogP contribution is 2.35. The highest BCUT2D eigenvalue weighted by atomic mass is 35.5. The molecule has 1 fully saturated rings. The average Bonchev–Trinajstić information content (AvgIpc) is 3.04. The van der Waals surface area contributed by atoms with Crippen LogP contribution < -0.4 is 15.0 Å². The number of halogens is 2. The van der Waals surface area contributed by atoms with Crippen molar-refractivity contribution in [2.75, 3.05) is 56.0 Å². The topological polar surface area (TPSA) is 73.8 Å². The van der Waals surface area contributed by atoms with Crippen LogP contribution in [0.1, 0.15) is 29.4 Å². The number of hydrogen-bond acceptors (Lipinski definition) is 7.